The molecule has 0 unspecified atom stereocenters. The Labute approximate surface area is 153 Å². The number of anilines is 1. The zero-order valence-electron chi connectivity index (χ0n) is 13.2. The number of fused-ring (bicyclic) bond motifs is 1. The van der Waals surface area contributed by atoms with Gasteiger partial charge in [-0.05, 0) is 30.7 Å². The number of benzene rings is 2. The van der Waals surface area contributed by atoms with E-state index in [4.69, 9.17) is 27.9 Å². The summed E-state index contributed by atoms with van der Waals surface area (Å²) in [7, 11) is 0. The molecule has 2 N–H and O–H groups in total. The molecule has 0 aliphatic heterocycles. The molecule has 0 fully saturated rings. The highest BCUT2D eigenvalue weighted by Crippen LogP contribution is 2.32. The van der Waals surface area contributed by atoms with E-state index in [0.717, 1.165) is 16.5 Å². The molecule has 0 saturated carbocycles. The maximum atomic E-state index is 12.1. The number of hydrogen-bond acceptors (Lipinski definition) is 3. The third-order valence-corrected chi connectivity index (χ3v) is 4.43. The highest BCUT2D eigenvalue weighted by Gasteiger charge is 2.15. The zero-order valence-corrected chi connectivity index (χ0v) is 14.7. The van der Waals surface area contributed by atoms with E-state index in [0.29, 0.717) is 15.7 Å². The van der Waals surface area contributed by atoms with E-state index in [1.54, 1.807) is 25.1 Å². The summed E-state index contributed by atoms with van der Waals surface area (Å²) in [4.78, 5) is 27.0. The molecule has 0 radical (unpaired) electrons. The van der Waals surface area contributed by atoms with Crippen LogP contribution in [0.4, 0.5) is 5.69 Å². The van der Waals surface area contributed by atoms with E-state index in [1.807, 2.05) is 24.3 Å². The van der Waals surface area contributed by atoms with E-state index >= 15 is 0 Å². The number of nitrogens with one attached hydrogen (secondary N) is 2. The Hall–Kier alpha value is -2.50. The third kappa shape index (κ3) is 3.78. The van der Waals surface area contributed by atoms with Crippen molar-refractivity contribution in [2.24, 2.45) is 0 Å². The maximum absolute atomic E-state index is 12.1. The molecular formula is C18H14Cl2N2O3. The molecule has 1 heterocycles. The Kier molecular flexibility index (Phi) is 4.97. The van der Waals surface area contributed by atoms with Gasteiger partial charge in [-0.15, -0.1) is 0 Å². The van der Waals surface area contributed by atoms with Crippen molar-refractivity contribution in [2.75, 3.05) is 11.9 Å². The number of aryl methyl sites for hydroxylation is 1. The fourth-order valence-electron chi connectivity index (χ4n) is 2.34. The summed E-state index contributed by atoms with van der Waals surface area (Å²) >= 11 is 12.2. The molecule has 25 heavy (non-hydrogen) atoms. The number of H-pyrrole nitrogens is 1. The third-order valence-electron chi connectivity index (χ3n) is 3.63. The number of ether oxygens (including phenoxy) is 1. The molecule has 0 spiro atoms. The number of aromatic amines is 1. The number of hydrogen-bond donors (Lipinski definition) is 2. The summed E-state index contributed by atoms with van der Waals surface area (Å²) in [6, 6.07) is 12.5. The number of halogens is 2. The minimum atomic E-state index is -0.618. The minimum absolute atomic E-state index is 0.278. The van der Waals surface area contributed by atoms with Gasteiger partial charge in [0, 0.05) is 10.9 Å². The Bertz CT molecular complexity index is 933. The van der Waals surface area contributed by atoms with E-state index in [2.05, 4.69) is 10.3 Å². The SMILES string of the molecule is Cc1ccc(Cl)c(NC(=O)COC(=O)c2cc3ccccc3[nH]2)c1Cl. The largest absolute Gasteiger partial charge is 0.451 e. The van der Waals surface area contributed by atoms with Crippen LogP contribution in [0, 0.1) is 6.92 Å². The number of aromatic nitrogens is 1. The molecule has 2 aromatic carbocycles. The standard InChI is InChI=1S/C18H14Cl2N2O3/c1-10-6-7-12(19)17(16(10)20)22-15(23)9-25-18(24)14-8-11-4-2-3-5-13(11)21-14/h2-8,21H,9H2,1H3,(H,22,23). The van der Waals surface area contributed by atoms with Crippen molar-refractivity contribution >= 4 is 51.7 Å². The molecule has 3 aromatic rings. The number of carbonyl (C=O) groups is 2. The van der Waals surface area contributed by atoms with Crippen LogP contribution in [0.3, 0.4) is 0 Å². The molecule has 0 aliphatic carbocycles. The van der Waals surface area contributed by atoms with Gasteiger partial charge in [0.15, 0.2) is 6.61 Å². The average Bonchev–Trinajstić information content (AvgIpc) is 3.04. The molecule has 0 aliphatic rings. The number of carbonyl (C=O) groups excluding carboxylic acids is 2. The van der Waals surface area contributed by atoms with Crippen LogP contribution in [0.25, 0.3) is 10.9 Å². The van der Waals surface area contributed by atoms with Crippen molar-refractivity contribution in [2.45, 2.75) is 6.92 Å². The van der Waals surface area contributed by atoms with Crippen LogP contribution in [-0.4, -0.2) is 23.5 Å². The first kappa shape index (κ1) is 17.3. The van der Waals surface area contributed by atoms with Crippen LogP contribution in [0.15, 0.2) is 42.5 Å². The lowest BCUT2D eigenvalue weighted by Gasteiger charge is -2.11. The summed E-state index contributed by atoms with van der Waals surface area (Å²) in [5, 5.41) is 4.11. The first-order valence-corrected chi connectivity index (χ1v) is 8.20. The van der Waals surface area contributed by atoms with Gasteiger partial charge < -0.3 is 15.0 Å². The van der Waals surface area contributed by atoms with Crippen LogP contribution < -0.4 is 5.32 Å². The van der Waals surface area contributed by atoms with Crippen molar-refractivity contribution in [3.63, 3.8) is 0 Å². The van der Waals surface area contributed by atoms with Crippen LogP contribution in [-0.2, 0) is 9.53 Å². The molecule has 1 amide bonds. The van der Waals surface area contributed by atoms with Gasteiger partial charge in [-0.25, -0.2) is 4.79 Å². The first-order chi connectivity index (χ1) is 12.0. The molecular weight excluding hydrogens is 363 g/mol. The second kappa shape index (κ2) is 7.17. The fraction of sp³-hybridized carbons (Fsp3) is 0.111. The first-order valence-electron chi connectivity index (χ1n) is 7.45. The van der Waals surface area contributed by atoms with Gasteiger partial charge in [0.2, 0.25) is 0 Å². The van der Waals surface area contributed by atoms with Crippen molar-refractivity contribution in [1.82, 2.24) is 4.98 Å². The van der Waals surface area contributed by atoms with Crippen molar-refractivity contribution in [1.29, 1.82) is 0 Å². The quantitative estimate of drug-likeness (QED) is 0.654. The summed E-state index contributed by atoms with van der Waals surface area (Å²) in [6.07, 6.45) is 0. The molecule has 0 atom stereocenters. The fourth-order valence-corrected chi connectivity index (χ4v) is 2.80. The van der Waals surface area contributed by atoms with Crippen LogP contribution in [0.2, 0.25) is 10.0 Å². The summed E-state index contributed by atoms with van der Waals surface area (Å²) in [5.41, 5.74) is 2.17. The number of amides is 1. The lowest BCUT2D eigenvalue weighted by Crippen LogP contribution is -2.21. The van der Waals surface area contributed by atoms with Crippen molar-refractivity contribution in [3.8, 4) is 0 Å². The van der Waals surface area contributed by atoms with E-state index < -0.39 is 18.5 Å². The van der Waals surface area contributed by atoms with E-state index in [1.165, 1.54) is 0 Å². The average molecular weight is 377 g/mol. The predicted octanol–water partition coefficient (Wildman–Crippen LogP) is 4.58. The number of para-hydroxylation sites is 1. The molecule has 5 nitrogen and oxygen atoms in total. The predicted molar refractivity (Wildman–Crippen MR) is 98.4 cm³/mol. The van der Waals surface area contributed by atoms with Gasteiger partial charge in [0.1, 0.15) is 5.69 Å². The second-order valence-corrected chi connectivity index (χ2v) is 6.23. The van der Waals surface area contributed by atoms with E-state index in [-0.39, 0.29) is 5.69 Å². The molecule has 3 rings (SSSR count). The molecule has 1 aromatic heterocycles. The normalized spacial score (nSPS) is 10.7. The lowest BCUT2D eigenvalue weighted by molar-refractivity contribution is -0.119. The maximum Gasteiger partial charge on any atom is 0.355 e. The molecule has 7 heteroatoms. The molecule has 0 bridgehead atoms. The molecule has 0 saturated heterocycles. The van der Waals surface area contributed by atoms with Crippen LogP contribution >= 0.6 is 23.2 Å². The smallest absolute Gasteiger partial charge is 0.355 e. The minimum Gasteiger partial charge on any atom is -0.451 e. The highest BCUT2D eigenvalue weighted by molar-refractivity contribution is 6.40. The van der Waals surface area contributed by atoms with Crippen LogP contribution in [0.1, 0.15) is 16.1 Å². The highest BCUT2D eigenvalue weighted by atomic mass is 35.5. The Morgan fingerprint density at radius 1 is 1.16 bits per heavy atom. The lowest BCUT2D eigenvalue weighted by atomic mass is 10.2. The van der Waals surface area contributed by atoms with Gasteiger partial charge in [0.25, 0.3) is 5.91 Å². The summed E-state index contributed by atoms with van der Waals surface area (Å²) < 4.78 is 5.03. The number of esters is 1. The Balaban J connectivity index is 1.64. The van der Waals surface area contributed by atoms with Gasteiger partial charge in [-0.2, -0.15) is 0 Å². The van der Waals surface area contributed by atoms with Gasteiger partial charge in [-0.1, -0.05) is 47.5 Å². The number of rotatable bonds is 4. The monoisotopic (exact) mass is 376 g/mol. The van der Waals surface area contributed by atoms with Crippen molar-refractivity contribution in [3.05, 3.63) is 63.8 Å². The second-order valence-electron chi connectivity index (χ2n) is 5.45. The Morgan fingerprint density at radius 3 is 2.68 bits per heavy atom. The van der Waals surface area contributed by atoms with Gasteiger partial charge in [-0.3, -0.25) is 4.79 Å². The Morgan fingerprint density at radius 2 is 1.92 bits per heavy atom. The summed E-state index contributed by atoms with van der Waals surface area (Å²) in [5.74, 6) is -1.15. The topological polar surface area (TPSA) is 71.2 Å². The zero-order chi connectivity index (χ0) is 18.0. The van der Waals surface area contributed by atoms with Gasteiger partial charge >= 0.3 is 5.97 Å². The summed E-state index contributed by atoms with van der Waals surface area (Å²) in [6.45, 7) is 1.35. The van der Waals surface area contributed by atoms with E-state index in [9.17, 15) is 9.59 Å². The molecule has 128 valence electrons. The van der Waals surface area contributed by atoms with Crippen LogP contribution in [0.5, 0.6) is 0 Å². The van der Waals surface area contributed by atoms with Crippen molar-refractivity contribution < 1.29 is 14.3 Å². The van der Waals surface area contributed by atoms with Gasteiger partial charge in [0.05, 0.1) is 15.7 Å².